The fraction of sp³-hybridized carbons (Fsp3) is 0.214. The number of benzene rings is 1. The van der Waals surface area contributed by atoms with Crippen LogP contribution in [0.5, 0.6) is 11.6 Å². The smallest absolute Gasteiger partial charge is 0.213 e. The zero-order valence-corrected chi connectivity index (χ0v) is 10.3. The number of rotatable bonds is 5. The maximum Gasteiger partial charge on any atom is 0.213 e. The first-order valence-electron chi connectivity index (χ1n) is 5.88. The van der Waals surface area contributed by atoms with Gasteiger partial charge in [0.25, 0.3) is 0 Å². The highest BCUT2D eigenvalue weighted by atomic mass is 16.5. The van der Waals surface area contributed by atoms with Crippen molar-refractivity contribution >= 4 is 5.69 Å². The van der Waals surface area contributed by atoms with Gasteiger partial charge in [-0.05, 0) is 30.7 Å². The second-order valence-electron chi connectivity index (χ2n) is 3.84. The van der Waals surface area contributed by atoms with E-state index >= 15 is 0 Å². The molecule has 0 fully saturated rings. The molecule has 2 rings (SSSR count). The molecule has 18 heavy (non-hydrogen) atoms. The average molecular weight is 244 g/mol. The van der Waals surface area contributed by atoms with E-state index in [1.54, 1.807) is 18.3 Å². The third kappa shape index (κ3) is 3.38. The topological polar surface area (TPSA) is 54.4 Å². The van der Waals surface area contributed by atoms with Crippen LogP contribution in [0.25, 0.3) is 0 Å². The van der Waals surface area contributed by atoms with Crippen molar-refractivity contribution < 1.29 is 9.84 Å². The molecule has 0 bridgehead atoms. The maximum atomic E-state index is 9.35. The van der Waals surface area contributed by atoms with Gasteiger partial charge in [-0.3, -0.25) is 0 Å². The van der Waals surface area contributed by atoms with Gasteiger partial charge in [-0.25, -0.2) is 4.98 Å². The number of hydrogen-bond donors (Lipinski definition) is 2. The van der Waals surface area contributed by atoms with Crippen molar-refractivity contribution in [2.45, 2.75) is 13.5 Å². The van der Waals surface area contributed by atoms with E-state index in [-0.39, 0.29) is 5.75 Å². The molecule has 0 aliphatic rings. The van der Waals surface area contributed by atoms with E-state index in [0.717, 1.165) is 11.3 Å². The summed E-state index contributed by atoms with van der Waals surface area (Å²) < 4.78 is 5.27. The van der Waals surface area contributed by atoms with E-state index in [2.05, 4.69) is 10.3 Å². The molecule has 0 unspecified atom stereocenters. The summed E-state index contributed by atoms with van der Waals surface area (Å²) in [6.45, 7) is 3.18. The molecule has 1 heterocycles. The minimum atomic E-state index is 0.277. The lowest BCUT2D eigenvalue weighted by atomic mass is 10.2. The molecule has 0 saturated carbocycles. The van der Waals surface area contributed by atoms with Crippen molar-refractivity contribution in [3.05, 3.63) is 48.2 Å². The zero-order chi connectivity index (χ0) is 12.8. The van der Waals surface area contributed by atoms with E-state index in [1.807, 2.05) is 31.2 Å². The highest BCUT2D eigenvalue weighted by molar-refractivity contribution is 5.43. The molecule has 94 valence electrons. The van der Waals surface area contributed by atoms with Crippen LogP contribution in [0.1, 0.15) is 12.5 Å². The standard InChI is InChI=1S/C14H16N2O2/c1-2-18-14-7-6-12(10-16-14)15-9-11-4-3-5-13(17)8-11/h3-8,10,15,17H,2,9H2,1H3. The van der Waals surface area contributed by atoms with Crippen LogP contribution >= 0.6 is 0 Å². The lowest BCUT2D eigenvalue weighted by Crippen LogP contribution is -2.00. The van der Waals surface area contributed by atoms with Crippen LogP contribution in [0.2, 0.25) is 0 Å². The first-order chi connectivity index (χ1) is 8.78. The fourth-order valence-corrected chi connectivity index (χ4v) is 1.59. The molecule has 0 saturated heterocycles. The third-order valence-electron chi connectivity index (χ3n) is 2.44. The molecule has 0 amide bonds. The third-order valence-corrected chi connectivity index (χ3v) is 2.44. The maximum absolute atomic E-state index is 9.35. The lowest BCUT2D eigenvalue weighted by molar-refractivity contribution is 0.327. The summed E-state index contributed by atoms with van der Waals surface area (Å²) in [5, 5.41) is 12.6. The normalized spacial score (nSPS) is 10.1. The Bertz CT molecular complexity index is 497. The van der Waals surface area contributed by atoms with Crippen LogP contribution in [-0.2, 0) is 6.54 Å². The Hall–Kier alpha value is -2.23. The molecule has 2 aromatic rings. The van der Waals surface area contributed by atoms with E-state index in [1.165, 1.54) is 0 Å². The molecule has 4 nitrogen and oxygen atoms in total. The van der Waals surface area contributed by atoms with Gasteiger partial charge in [0.15, 0.2) is 0 Å². The second kappa shape index (κ2) is 5.91. The van der Waals surface area contributed by atoms with Gasteiger partial charge in [-0.15, -0.1) is 0 Å². The monoisotopic (exact) mass is 244 g/mol. The minimum absolute atomic E-state index is 0.277. The van der Waals surface area contributed by atoms with Crippen molar-refractivity contribution in [3.63, 3.8) is 0 Å². The summed E-state index contributed by atoms with van der Waals surface area (Å²) in [4.78, 5) is 4.16. The van der Waals surface area contributed by atoms with Crippen LogP contribution < -0.4 is 10.1 Å². The highest BCUT2D eigenvalue weighted by Gasteiger charge is 1.97. The Morgan fingerprint density at radius 1 is 1.28 bits per heavy atom. The van der Waals surface area contributed by atoms with Crippen molar-refractivity contribution in [2.75, 3.05) is 11.9 Å². The molecule has 2 N–H and O–H groups in total. The van der Waals surface area contributed by atoms with E-state index in [0.29, 0.717) is 19.0 Å². The summed E-state index contributed by atoms with van der Waals surface area (Å²) >= 11 is 0. The van der Waals surface area contributed by atoms with Gasteiger partial charge in [0, 0.05) is 12.6 Å². The molecular weight excluding hydrogens is 228 g/mol. The number of phenolic OH excluding ortho intramolecular Hbond substituents is 1. The second-order valence-corrected chi connectivity index (χ2v) is 3.84. The molecule has 0 aliphatic carbocycles. The van der Waals surface area contributed by atoms with Crippen LogP contribution in [0, 0.1) is 0 Å². The predicted molar refractivity (Wildman–Crippen MR) is 70.8 cm³/mol. The van der Waals surface area contributed by atoms with Gasteiger partial charge >= 0.3 is 0 Å². The summed E-state index contributed by atoms with van der Waals surface area (Å²) in [7, 11) is 0. The van der Waals surface area contributed by atoms with Crippen LogP contribution in [0.3, 0.4) is 0 Å². The largest absolute Gasteiger partial charge is 0.508 e. The van der Waals surface area contributed by atoms with Crippen LogP contribution in [0.4, 0.5) is 5.69 Å². The van der Waals surface area contributed by atoms with Crippen molar-refractivity contribution in [1.82, 2.24) is 4.98 Å². The van der Waals surface area contributed by atoms with Crippen molar-refractivity contribution in [2.24, 2.45) is 0 Å². The summed E-state index contributed by atoms with van der Waals surface area (Å²) in [5.74, 6) is 0.902. The van der Waals surface area contributed by atoms with Crippen LogP contribution in [0.15, 0.2) is 42.6 Å². The number of anilines is 1. The first kappa shape index (κ1) is 12.2. The van der Waals surface area contributed by atoms with Gasteiger partial charge in [0.1, 0.15) is 5.75 Å². The number of pyridine rings is 1. The van der Waals surface area contributed by atoms with Gasteiger partial charge in [0.05, 0.1) is 18.5 Å². The van der Waals surface area contributed by atoms with Crippen molar-refractivity contribution in [3.8, 4) is 11.6 Å². The highest BCUT2D eigenvalue weighted by Crippen LogP contribution is 2.15. The number of hydrogen-bond acceptors (Lipinski definition) is 4. The Balaban J connectivity index is 1.93. The number of aromatic nitrogens is 1. The number of aromatic hydroxyl groups is 1. The number of nitrogens with zero attached hydrogens (tertiary/aromatic N) is 1. The Morgan fingerprint density at radius 3 is 2.83 bits per heavy atom. The Morgan fingerprint density at radius 2 is 2.17 bits per heavy atom. The number of nitrogens with one attached hydrogen (secondary N) is 1. The van der Waals surface area contributed by atoms with E-state index < -0.39 is 0 Å². The predicted octanol–water partition coefficient (Wildman–Crippen LogP) is 2.80. The Kier molecular flexibility index (Phi) is 4.02. The Labute approximate surface area is 106 Å². The first-order valence-corrected chi connectivity index (χ1v) is 5.88. The van der Waals surface area contributed by atoms with E-state index in [9.17, 15) is 5.11 Å². The van der Waals surface area contributed by atoms with Gasteiger partial charge in [-0.2, -0.15) is 0 Å². The quantitative estimate of drug-likeness (QED) is 0.849. The van der Waals surface area contributed by atoms with Gasteiger partial charge in [0.2, 0.25) is 5.88 Å². The number of phenols is 1. The lowest BCUT2D eigenvalue weighted by Gasteiger charge is -2.07. The van der Waals surface area contributed by atoms with Crippen LogP contribution in [-0.4, -0.2) is 16.7 Å². The fourth-order valence-electron chi connectivity index (χ4n) is 1.59. The molecule has 0 aliphatic heterocycles. The summed E-state index contributed by atoms with van der Waals surface area (Å²) in [5.41, 5.74) is 1.94. The number of ether oxygens (including phenoxy) is 1. The van der Waals surface area contributed by atoms with E-state index in [4.69, 9.17) is 4.74 Å². The molecule has 4 heteroatoms. The molecule has 1 aromatic carbocycles. The van der Waals surface area contributed by atoms with Gasteiger partial charge in [-0.1, -0.05) is 12.1 Å². The van der Waals surface area contributed by atoms with Crippen molar-refractivity contribution in [1.29, 1.82) is 0 Å². The zero-order valence-electron chi connectivity index (χ0n) is 10.3. The summed E-state index contributed by atoms with van der Waals surface area (Å²) in [6.07, 6.45) is 1.73. The molecule has 0 spiro atoms. The van der Waals surface area contributed by atoms with Gasteiger partial charge < -0.3 is 15.2 Å². The molecular formula is C14H16N2O2. The summed E-state index contributed by atoms with van der Waals surface area (Å²) in [6, 6.07) is 10.9. The molecule has 0 atom stereocenters. The molecule has 0 radical (unpaired) electrons. The average Bonchev–Trinajstić information content (AvgIpc) is 2.38. The molecule has 1 aromatic heterocycles. The SMILES string of the molecule is CCOc1ccc(NCc2cccc(O)c2)cn1. The minimum Gasteiger partial charge on any atom is -0.508 e.